The summed E-state index contributed by atoms with van der Waals surface area (Å²) >= 11 is 5.86. The fraction of sp³-hybridized carbons (Fsp3) is 0.700. The number of nitrogens with two attached hydrogens (primary N) is 1. The molecule has 1 aliphatic carbocycles. The molecular weight excluding hydrogens is 257 g/mol. The lowest BCUT2D eigenvalue weighted by Gasteiger charge is -2.28. The maximum Gasteiger partial charge on any atom is 0.391 e. The molecule has 3 nitrogen and oxygen atoms in total. The second-order valence-corrected chi connectivity index (χ2v) is 4.71. The van der Waals surface area contributed by atoms with Gasteiger partial charge in [-0.3, -0.25) is 0 Å². The summed E-state index contributed by atoms with van der Waals surface area (Å²) < 4.78 is 42.4. The lowest BCUT2D eigenvalue weighted by atomic mass is 9.80. The molecule has 1 saturated carbocycles. The van der Waals surface area contributed by atoms with E-state index in [1.807, 2.05) is 0 Å². The molecule has 0 spiro atoms. The van der Waals surface area contributed by atoms with Crippen molar-refractivity contribution in [2.75, 3.05) is 5.73 Å². The van der Waals surface area contributed by atoms with Crippen molar-refractivity contribution in [3.8, 4) is 0 Å². The van der Waals surface area contributed by atoms with Gasteiger partial charge >= 0.3 is 6.18 Å². The third kappa shape index (κ3) is 2.51. The van der Waals surface area contributed by atoms with Crippen molar-refractivity contribution in [1.82, 2.24) is 5.16 Å². The second kappa shape index (κ2) is 4.40. The first-order valence-electron chi connectivity index (χ1n) is 5.37. The predicted octanol–water partition coefficient (Wildman–Crippen LogP) is 3.75. The van der Waals surface area contributed by atoms with Crippen LogP contribution in [0.3, 0.4) is 0 Å². The Hall–Kier alpha value is -0.910. The van der Waals surface area contributed by atoms with Gasteiger partial charge in [0.25, 0.3) is 0 Å². The molecule has 0 aromatic carbocycles. The van der Waals surface area contributed by atoms with Crippen LogP contribution in [0.1, 0.15) is 37.4 Å². The molecule has 0 saturated heterocycles. The average molecular weight is 269 g/mol. The van der Waals surface area contributed by atoms with Crippen LogP contribution in [0.15, 0.2) is 4.52 Å². The Morgan fingerprint density at radius 3 is 2.24 bits per heavy atom. The van der Waals surface area contributed by atoms with Gasteiger partial charge < -0.3 is 10.3 Å². The number of nitrogen functional groups attached to an aromatic ring is 1. The highest BCUT2D eigenvalue weighted by atomic mass is 35.5. The minimum Gasteiger partial charge on any atom is -0.380 e. The largest absolute Gasteiger partial charge is 0.391 e. The van der Waals surface area contributed by atoms with Crippen molar-refractivity contribution < 1.29 is 17.7 Å². The first kappa shape index (κ1) is 12.5. The molecule has 1 aromatic heterocycles. The minimum atomic E-state index is -4.10. The third-order valence-electron chi connectivity index (χ3n) is 3.24. The molecule has 1 fully saturated rings. The first-order chi connectivity index (χ1) is 7.89. The monoisotopic (exact) mass is 268 g/mol. The molecule has 1 aliphatic rings. The van der Waals surface area contributed by atoms with Crippen molar-refractivity contribution in [3.05, 3.63) is 10.8 Å². The summed E-state index contributed by atoms with van der Waals surface area (Å²) in [7, 11) is 0. The lowest BCUT2D eigenvalue weighted by molar-refractivity contribution is -0.182. The van der Waals surface area contributed by atoms with Crippen molar-refractivity contribution in [2.24, 2.45) is 5.92 Å². The normalized spacial score (nSPS) is 26.1. The molecule has 17 heavy (non-hydrogen) atoms. The van der Waals surface area contributed by atoms with Gasteiger partial charge in [-0.05, 0) is 25.7 Å². The van der Waals surface area contributed by atoms with E-state index in [1.165, 1.54) is 0 Å². The summed E-state index contributed by atoms with van der Waals surface area (Å²) in [6.45, 7) is 0. The van der Waals surface area contributed by atoms with Crippen molar-refractivity contribution in [2.45, 2.75) is 37.8 Å². The average Bonchev–Trinajstić information content (AvgIpc) is 2.59. The lowest BCUT2D eigenvalue weighted by Crippen LogP contribution is -2.27. The van der Waals surface area contributed by atoms with Crippen LogP contribution in [0.2, 0.25) is 5.02 Å². The summed E-state index contributed by atoms with van der Waals surface area (Å²) in [5.74, 6) is -0.798. The van der Waals surface area contributed by atoms with Crippen molar-refractivity contribution in [3.63, 3.8) is 0 Å². The van der Waals surface area contributed by atoms with Crippen LogP contribution in [0.25, 0.3) is 0 Å². The number of nitrogens with zero attached hydrogens (tertiary/aromatic N) is 1. The fourth-order valence-corrected chi connectivity index (χ4v) is 2.46. The van der Waals surface area contributed by atoms with Crippen LogP contribution >= 0.6 is 11.6 Å². The number of rotatable bonds is 1. The van der Waals surface area contributed by atoms with Gasteiger partial charge in [-0.1, -0.05) is 16.8 Å². The van der Waals surface area contributed by atoms with E-state index in [0.717, 1.165) is 0 Å². The maximum absolute atomic E-state index is 12.5. The minimum absolute atomic E-state index is 0.0969. The van der Waals surface area contributed by atoms with Crippen molar-refractivity contribution in [1.29, 1.82) is 0 Å². The molecule has 0 atom stereocenters. The van der Waals surface area contributed by atoms with Gasteiger partial charge in [-0.15, -0.1) is 0 Å². The highest BCUT2D eigenvalue weighted by molar-refractivity contribution is 6.33. The summed E-state index contributed by atoms with van der Waals surface area (Å²) in [6, 6.07) is 0. The van der Waals surface area contributed by atoms with Crippen LogP contribution in [0, 0.1) is 5.92 Å². The highest BCUT2D eigenvalue weighted by Crippen LogP contribution is 2.44. The van der Waals surface area contributed by atoms with E-state index in [0.29, 0.717) is 18.6 Å². The molecule has 0 bridgehead atoms. The molecule has 0 aliphatic heterocycles. The molecule has 7 heteroatoms. The van der Waals surface area contributed by atoms with Crippen LogP contribution in [0.4, 0.5) is 19.0 Å². The molecule has 2 N–H and O–H groups in total. The number of hydrogen-bond acceptors (Lipinski definition) is 3. The Morgan fingerprint density at radius 1 is 1.24 bits per heavy atom. The SMILES string of the molecule is Nc1noc(C2CCC(C(F)(F)F)CC2)c1Cl. The summed E-state index contributed by atoms with van der Waals surface area (Å²) in [4.78, 5) is 0. The quantitative estimate of drug-likeness (QED) is 0.844. The fourth-order valence-electron chi connectivity index (χ4n) is 2.24. The Morgan fingerprint density at radius 2 is 1.82 bits per heavy atom. The zero-order valence-corrected chi connectivity index (χ0v) is 9.68. The van der Waals surface area contributed by atoms with Crippen LogP contribution < -0.4 is 5.73 Å². The van der Waals surface area contributed by atoms with Crippen LogP contribution in [-0.4, -0.2) is 11.3 Å². The topological polar surface area (TPSA) is 52.0 Å². The molecule has 0 unspecified atom stereocenters. The third-order valence-corrected chi connectivity index (χ3v) is 3.62. The van der Waals surface area contributed by atoms with Gasteiger partial charge in [0.1, 0.15) is 5.02 Å². The summed E-state index contributed by atoms with van der Waals surface area (Å²) in [6.07, 6.45) is -3.09. The van der Waals surface area contributed by atoms with Gasteiger partial charge in [0, 0.05) is 5.92 Å². The molecule has 1 heterocycles. The smallest absolute Gasteiger partial charge is 0.380 e. The van der Waals surface area contributed by atoms with E-state index >= 15 is 0 Å². The zero-order chi connectivity index (χ0) is 12.6. The maximum atomic E-state index is 12.5. The molecule has 0 amide bonds. The second-order valence-electron chi connectivity index (χ2n) is 4.34. The van der Waals surface area contributed by atoms with Crippen molar-refractivity contribution >= 4 is 17.4 Å². The number of halogens is 4. The Kier molecular flexibility index (Phi) is 3.25. The Bertz CT molecular complexity index is 397. The molecule has 2 rings (SSSR count). The molecule has 96 valence electrons. The summed E-state index contributed by atoms with van der Waals surface area (Å²) in [5.41, 5.74) is 5.43. The van der Waals surface area contributed by atoms with E-state index in [4.69, 9.17) is 21.9 Å². The zero-order valence-electron chi connectivity index (χ0n) is 8.93. The van der Waals surface area contributed by atoms with Gasteiger partial charge in [0.2, 0.25) is 0 Å². The van der Waals surface area contributed by atoms with Gasteiger partial charge in [0.05, 0.1) is 5.92 Å². The number of alkyl halides is 3. The predicted molar refractivity (Wildman–Crippen MR) is 56.7 cm³/mol. The molecular formula is C10H12ClF3N2O. The highest BCUT2D eigenvalue weighted by Gasteiger charge is 2.42. The standard InChI is InChI=1S/C10H12ClF3N2O/c11-7-8(17-16-9(7)15)5-1-3-6(4-2-5)10(12,13)14/h5-6H,1-4H2,(H2,15,16). The van der Waals surface area contributed by atoms with Gasteiger partial charge in [-0.2, -0.15) is 13.2 Å². The Labute approximate surface area is 101 Å². The van der Waals surface area contributed by atoms with E-state index in [-0.39, 0.29) is 29.6 Å². The van der Waals surface area contributed by atoms with E-state index in [9.17, 15) is 13.2 Å². The van der Waals surface area contributed by atoms with E-state index < -0.39 is 12.1 Å². The number of hydrogen-bond donors (Lipinski definition) is 1. The summed E-state index contributed by atoms with van der Waals surface area (Å²) in [5, 5.41) is 3.74. The Balaban J connectivity index is 2.02. The van der Waals surface area contributed by atoms with E-state index in [1.54, 1.807) is 0 Å². The van der Waals surface area contributed by atoms with Gasteiger partial charge in [0.15, 0.2) is 11.6 Å². The van der Waals surface area contributed by atoms with Crippen LogP contribution in [0.5, 0.6) is 0 Å². The molecule has 0 radical (unpaired) electrons. The number of anilines is 1. The first-order valence-corrected chi connectivity index (χ1v) is 5.74. The molecule has 1 aromatic rings. The number of aromatic nitrogens is 1. The van der Waals surface area contributed by atoms with Gasteiger partial charge in [-0.25, -0.2) is 0 Å². The van der Waals surface area contributed by atoms with E-state index in [2.05, 4.69) is 5.16 Å². The van der Waals surface area contributed by atoms with Crippen LogP contribution in [-0.2, 0) is 0 Å².